The number of rotatable bonds is 5. The molecule has 0 spiro atoms. The van der Waals surface area contributed by atoms with E-state index in [4.69, 9.17) is 0 Å². The zero-order valence-electron chi connectivity index (χ0n) is 17.1. The second kappa shape index (κ2) is 10.0. The normalized spacial score (nSPS) is 16.7. The summed E-state index contributed by atoms with van der Waals surface area (Å²) in [6.07, 6.45) is 4.21. The van der Waals surface area contributed by atoms with Crippen LogP contribution in [0.4, 0.5) is 5.69 Å². The first kappa shape index (κ1) is 21.5. The molecule has 0 aliphatic carbocycles. The van der Waals surface area contributed by atoms with Gasteiger partial charge in [-0.05, 0) is 49.1 Å². The van der Waals surface area contributed by atoms with Gasteiger partial charge in [-0.2, -0.15) is 0 Å². The molecule has 29 heavy (non-hydrogen) atoms. The first-order valence-electron chi connectivity index (χ1n) is 10.1. The van der Waals surface area contributed by atoms with E-state index in [9.17, 15) is 0 Å². The van der Waals surface area contributed by atoms with Gasteiger partial charge in [0.25, 0.3) is 0 Å². The second-order valence-electron chi connectivity index (χ2n) is 7.52. The number of anilines is 1. The van der Waals surface area contributed by atoms with Crippen molar-refractivity contribution < 1.29 is 0 Å². The van der Waals surface area contributed by atoms with Gasteiger partial charge in [-0.1, -0.05) is 30.3 Å². The lowest BCUT2D eigenvalue weighted by Crippen LogP contribution is -2.45. The van der Waals surface area contributed by atoms with Crippen LogP contribution in [-0.4, -0.2) is 43.7 Å². The molecule has 1 atom stereocenters. The highest BCUT2D eigenvalue weighted by atomic mass is 127. The lowest BCUT2D eigenvalue weighted by atomic mass is 10.1. The lowest BCUT2D eigenvalue weighted by molar-refractivity contribution is 0.648. The summed E-state index contributed by atoms with van der Waals surface area (Å²) in [5.74, 6) is 0.885. The fraction of sp³-hybridized carbons (Fsp3) is 0.348. The molecule has 1 saturated heterocycles. The van der Waals surface area contributed by atoms with E-state index in [1.165, 1.54) is 27.7 Å². The molecule has 5 nitrogen and oxygen atoms in total. The largest absolute Gasteiger partial charge is 0.369 e. The number of nitrogens with zero attached hydrogens (tertiary/aromatic N) is 2. The number of nitrogens with one attached hydrogen (secondary N) is 3. The van der Waals surface area contributed by atoms with Gasteiger partial charge in [0.2, 0.25) is 0 Å². The minimum Gasteiger partial charge on any atom is -0.369 e. The standard InChI is InChI=1S/C23H29N5.HI/c1-17-8-9-21-18(15-26-22(21)14-17)10-12-25-23(24-2)27-19-11-13-28(16-19)20-6-4-3-5-7-20;/h3-9,14-15,19,26H,10-13,16H2,1-2H3,(H2,24,25,27);1H. The van der Waals surface area contributed by atoms with Gasteiger partial charge >= 0.3 is 0 Å². The van der Waals surface area contributed by atoms with Crippen molar-refractivity contribution in [2.24, 2.45) is 4.99 Å². The van der Waals surface area contributed by atoms with Crippen molar-refractivity contribution in [3.8, 4) is 0 Å². The molecule has 0 bridgehead atoms. The Hall–Kier alpha value is -2.22. The van der Waals surface area contributed by atoms with E-state index >= 15 is 0 Å². The third-order valence-electron chi connectivity index (χ3n) is 5.48. The first-order chi connectivity index (χ1) is 13.7. The molecule has 1 unspecified atom stereocenters. The molecule has 0 radical (unpaired) electrons. The number of H-pyrrole nitrogens is 1. The molecular formula is C23H30IN5. The molecular weight excluding hydrogens is 473 g/mol. The van der Waals surface area contributed by atoms with Crippen LogP contribution in [0.1, 0.15) is 17.5 Å². The van der Waals surface area contributed by atoms with Crippen molar-refractivity contribution >= 4 is 46.5 Å². The summed E-state index contributed by atoms with van der Waals surface area (Å²) in [5.41, 5.74) is 5.13. The number of para-hydroxylation sites is 1. The highest BCUT2D eigenvalue weighted by Crippen LogP contribution is 2.20. The number of hydrogen-bond donors (Lipinski definition) is 3. The molecule has 3 N–H and O–H groups in total. The molecule has 0 saturated carbocycles. The van der Waals surface area contributed by atoms with Crippen LogP contribution >= 0.6 is 24.0 Å². The third-order valence-corrected chi connectivity index (χ3v) is 5.48. The van der Waals surface area contributed by atoms with E-state index in [2.05, 4.69) is 87.2 Å². The fourth-order valence-electron chi connectivity index (χ4n) is 3.96. The molecule has 0 amide bonds. The van der Waals surface area contributed by atoms with Crippen molar-refractivity contribution in [2.75, 3.05) is 31.6 Å². The number of aromatic amines is 1. The van der Waals surface area contributed by atoms with Crippen molar-refractivity contribution in [2.45, 2.75) is 25.8 Å². The topological polar surface area (TPSA) is 55.5 Å². The quantitative estimate of drug-likeness (QED) is 0.280. The zero-order valence-corrected chi connectivity index (χ0v) is 19.4. The summed E-state index contributed by atoms with van der Waals surface area (Å²) < 4.78 is 0. The summed E-state index contributed by atoms with van der Waals surface area (Å²) in [7, 11) is 1.84. The predicted octanol–water partition coefficient (Wildman–Crippen LogP) is 4.08. The monoisotopic (exact) mass is 503 g/mol. The van der Waals surface area contributed by atoms with Crippen LogP contribution in [0.15, 0.2) is 59.7 Å². The first-order valence-corrected chi connectivity index (χ1v) is 10.1. The Morgan fingerprint density at radius 1 is 1.21 bits per heavy atom. The Balaban J connectivity index is 0.00000240. The van der Waals surface area contributed by atoms with Crippen molar-refractivity contribution in [3.05, 3.63) is 65.9 Å². The van der Waals surface area contributed by atoms with Gasteiger partial charge in [-0.25, -0.2) is 0 Å². The molecule has 1 aliphatic rings. The van der Waals surface area contributed by atoms with Crippen LogP contribution in [-0.2, 0) is 6.42 Å². The van der Waals surface area contributed by atoms with Crippen LogP contribution in [0.5, 0.6) is 0 Å². The summed E-state index contributed by atoms with van der Waals surface area (Å²) >= 11 is 0. The summed E-state index contributed by atoms with van der Waals surface area (Å²) in [6, 6.07) is 17.6. The van der Waals surface area contributed by atoms with E-state index < -0.39 is 0 Å². The molecule has 3 aromatic rings. The van der Waals surface area contributed by atoms with Crippen LogP contribution in [0, 0.1) is 6.92 Å². The smallest absolute Gasteiger partial charge is 0.191 e. The zero-order chi connectivity index (χ0) is 19.3. The average Bonchev–Trinajstić information content (AvgIpc) is 3.35. The Kier molecular flexibility index (Phi) is 7.41. The number of guanidine groups is 1. The number of halogens is 1. The predicted molar refractivity (Wildman–Crippen MR) is 134 cm³/mol. The van der Waals surface area contributed by atoms with Crippen molar-refractivity contribution in [3.63, 3.8) is 0 Å². The van der Waals surface area contributed by atoms with Crippen molar-refractivity contribution in [1.82, 2.24) is 15.6 Å². The van der Waals surface area contributed by atoms with Gasteiger partial charge in [-0.3, -0.25) is 4.99 Å². The number of hydrogen-bond acceptors (Lipinski definition) is 2. The number of benzene rings is 2. The Bertz CT molecular complexity index is 950. The van der Waals surface area contributed by atoms with Gasteiger partial charge in [0.1, 0.15) is 0 Å². The number of fused-ring (bicyclic) bond motifs is 1. The van der Waals surface area contributed by atoms with Crippen molar-refractivity contribution in [1.29, 1.82) is 0 Å². The van der Waals surface area contributed by atoms with E-state index in [1.54, 1.807) is 0 Å². The Morgan fingerprint density at radius 3 is 2.83 bits per heavy atom. The van der Waals surface area contributed by atoms with E-state index in [-0.39, 0.29) is 24.0 Å². The van der Waals surface area contributed by atoms with Gasteiger partial charge < -0.3 is 20.5 Å². The summed E-state index contributed by atoms with van der Waals surface area (Å²) in [5, 5.41) is 8.36. The molecule has 2 heterocycles. The molecule has 2 aromatic carbocycles. The molecule has 1 fully saturated rings. The highest BCUT2D eigenvalue weighted by Gasteiger charge is 2.23. The van der Waals surface area contributed by atoms with Gasteiger partial charge in [0.05, 0.1) is 0 Å². The third kappa shape index (κ3) is 5.23. The Morgan fingerprint density at radius 2 is 2.03 bits per heavy atom. The van der Waals surface area contributed by atoms with Gasteiger partial charge in [0, 0.05) is 55.5 Å². The Labute approximate surface area is 190 Å². The highest BCUT2D eigenvalue weighted by molar-refractivity contribution is 14.0. The summed E-state index contributed by atoms with van der Waals surface area (Å²) in [6.45, 7) is 5.06. The molecule has 6 heteroatoms. The number of aliphatic imine (C=N–C) groups is 1. The molecule has 154 valence electrons. The van der Waals surface area contributed by atoms with E-state index in [0.717, 1.165) is 38.4 Å². The minimum atomic E-state index is 0. The van der Waals surface area contributed by atoms with E-state index in [0.29, 0.717) is 6.04 Å². The SMILES string of the molecule is CN=C(NCCc1c[nH]c2cc(C)ccc12)NC1CCN(c2ccccc2)C1.I. The molecule has 4 rings (SSSR count). The fourth-order valence-corrected chi connectivity index (χ4v) is 3.96. The maximum Gasteiger partial charge on any atom is 0.191 e. The maximum absolute atomic E-state index is 4.41. The lowest BCUT2D eigenvalue weighted by Gasteiger charge is -2.20. The minimum absolute atomic E-state index is 0. The van der Waals surface area contributed by atoms with Gasteiger partial charge in [0.15, 0.2) is 5.96 Å². The van der Waals surface area contributed by atoms with Crippen LogP contribution < -0.4 is 15.5 Å². The summed E-state index contributed by atoms with van der Waals surface area (Å²) in [4.78, 5) is 10.2. The molecule has 1 aliphatic heterocycles. The van der Waals surface area contributed by atoms with Crippen LogP contribution in [0.3, 0.4) is 0 Å². The van der Waals surface area contributed by atoms with Crippen LogP contribution in [0.25, 0.3) is 10.9 Å². The van der Waals surface area contributed by atoms with Gasteiger partial charge in [-0.15, -0.1) is 24.0 Å². The maximum atomic E-state index is 4.41. The van der Waals surface area contributed by atoms with E-state index in [1.807, 2.05) is 7.05 Å². The van der Waals surface area contributed by atoms with Crippen LogP contribution in [0.2, 0.25) is 0 Å². The second-order valence-corrected chi connectivity index (χ2v) is 7.52. The number of aryl methyl sites for hydroxylation is 1. The average molecular weight is 503 g/mol. The molecule has 1 aromatic heterocycles. The number of aromatic nitrogens is 1.